The summed E-state index contributed by atoms with van der Waals surface area (Å²) >= 11 is 0. The molecule has 2 N–H and O–H groups in total. The molecular weight excluding hydrogens is 291 g/mol. The SMILES string of the molecule is CC(CN(C)C(=O)c1cc(=O)[nH]c2cc(F)ccc12)C(=O)O. The van der Waals surface area contributed by atoms with Crippen LogP contribution in [0.25, 0.3) is 10.9 Å². The van der Waals surface area contributed by atoms with Crippen molar-refractivity contribution in [1.82, 2.24) is 9.88 Å². The van der Waals surface area contributed by atoms with Crippen molar-refractivity contribution in [3.8, 4) is 0 Å². The highest BCUT2D eigenvalue weighted by molar-refractivity contribution is 6.05. The van der Waals surface area contributed by atoms with Crippen LogP contribution in [0.2, 0.25) is 0 Å². The Hall–Kier alpha value is -2.70. The highest BCUT2D eigenvalue weighted by Gasteiger charge is 2.20. The minimum Gasteiger partial charge on any atom is -0.481 e. The minimum absolute atomic E-state index is 0.00362. The molecule has 1 aromatic heterocycles. The van der Waals surface area contributed by atoms with Gasteiger partial charge in [0.15, 0.2) is 0 Å². The number of hydrogen-bond acceptors (Lipinski definition) is 3. The third-order valence-corrected chi connectivity index (χ3v) is 3.35. The third-order valence-electron chi connectivity index (χ3n) is 3.35. The van der Waals surface area contributed by atoms with Crippen molar-refractivity contribution in [2.45, 2.75) is 6.92 Å². The van der Waals surface area contributed by atoms with Crippen molar-refractivity contribution in [3.63, 3.8) is 0 Å². The van der Waals surface area contributed by atoms with Crippen molar-refractivity contribution < 1.29 is 19.1 Å². The molecule has 0 fully saturated rings. The minimum atomic E-state index is -1.02. The van der Waals surface area contributed by atoms with Gasteiger partial charge in [-0.15, -0.1) is 0 Å². The van der Waals surface area contributed by atoms with Crippen LogP contribution in [0.3, 0.4) is 0 Å². The van der Waals surface area contributed by atoms with Crippen LogP contribution in [0.5, 0.6) is 0 Å². The number of carboxylic acid groups (broad SMARTS) is 1. The molecule has 1 amide bonds. The average Bonchev–Trinajstić information content (AvgIpc) is 2.44. The van der Waals surface area contributed by atoms with Gasteiger partial charge in [0.2, 0.25) is 5.56 Å². The largest absolute Gasteiger partial charge is 0.481 e. The Morgan fingerprint density at radius 1 is 1.36 bits per heavy atom. The van der Waals surface area contributed by atoms with Crippen molar-refractivity contribution >= 4 is 22.8 Å². The third kappa shape index (κ3) is 3.13. The summed E-state index contributed by atoms with van der Waals surface area (Å²) in [5.74, 6) is -2.77. The molecule has 0 radical (unpaired) electrons. The normalized spacial score (nSPS) is 12.1. The number of H-pyrrole nitrogens is 1. The maximum Gasteiger partial charge on any atom is 0.308 e. The number of rotatable bonds is 4. The molecule has 7 heteroatoms. The van der Waals surface area contributed by atoms with E-state index in [-0.39, 0.29) is 17.6 Å². The zero-order chi connectivity index (χ0) is 16.4. The van der Waals surface area contributed by atoms with E-state index in [0.29, 0.717) is 5.39 Å². The lowest BCUT2D eigenvalue weighted by Gasteiger charge is -2.20. The van der Waals surface area contributed by atoms with Gasteiger partial charge in [0.25, 0.3) is 5.91 Å². The molecule has 0 saturated heterocycles. The van der Waals surface area contributed by atoms with Gasteiger partial charge < -0.3 is 15.0 Å². The Labute approximate surface area is 125 Å². The molecule has 1 atom stereocenters. The number of benzene rings is 1. The van der Waals surface area contributed by atoms with E-state index in [1.165, 1.54) is 31.0 Å². The lowest BCUT2D eigenvalue weighted by Crippen LogP contribution is -2.34. The Bertz CT molecular complexity index is 800. The fraction of sp³-hybridized carbons (Fsp3) is 0.267. The standard InChI is InChI=1S/C15H15FN2O4/c1-8(15(21)22)7-18(2)14(20)11-6-13(19)17-12-5-9(16)3-4-10(11)12/h3-6,8H,7H2,1-2H3,(H,17,19)(H,21,22). The number of nitrogens with one attached hydrogen (secondary N) is 1. The van der Waals surface area contributed by atoms with Gasteiger partial charge in [-0.1, -0.05) is 6.92 Å². The first-order valence-corrected chi connectivity index (χ1v) is 6.60. The van der Waals surface area contributed by atoms with Gasteiger partial charge in [0.05, 0.1) is 17.0 Å². The zero-order valence-electron chi connectivity index (χ0n) is 12.1. The zero-order valence-corrected chi connectivity index (χ0v) is 12.1. The molecule has 6 nitrogen and oxygen atoms in total. The Morgan fingerprint density at radius 3 is 2.68 bits per heavy atom. The van der Waals surface area contributed by atoms with E-state index in [2.05, 4.69) is 4.98 Å². The number of aliphatic carboxylic acids is 1. The number of pyridine rings is 1. The topological polar surface area (TPSA) is 90.5 Å². The molecule has 0 aliphatic heterocycles. The molecule has 0 saturated carbocycles. The second kappa shape index (κ2) is 5.97. The number of halogens is 1. The van der Waals surface area contributed by atoms with Crippen LogP contribution in [0.4, 0.5) is 4.39 Å². The summed E-state index contributed by atoms with van der Waals surface area (Å²) in [6.07, 6.45) is 0. The summed E-state index contributed by atoms with van der Waals surface area (Å²) in [7, 11) is 1.46. The summed E-state index contributed by atoms with van der Waals surface area (Å²) in [5, 5.41) is 9.30. The highest BCUT2D eigenvalue weighted by Crippen LogP contribution is 2.18. The van der Waals surface area contributed by atoms with Gasteiger partial charge in [-0.25, -0.2) is 4.39 Å². The van der Waals surface area contributed by atoms with Crippen molar-refractivity contribution in [3.05, 3.63) is 46.0 Å². The van der Waals surface area contributed by atoms with Crippen LogP contribution in [-0.4, -0.2) is 40.5 Å². The van der Waals surface area contributed by atoms with E-state index in [0.717, 1.165) is 12.1 Å². The van der Waals surface area contributed by atoms with Gasteiger partial charge >= 0.3 is 5.97 Å². The lowest BCUT2D eigenvalue weighted by molar-refractivity contribution is -0.141. The Kier molecular flexibility index (Phi) is 4.25. The maximum atomic E-state index is 13.2. The predicted molar refractivity (Wildman–Crippen MR) is 78.3 cm³/mol. The van der Waals surface area contributed by atoms with E-state index in [9.17, 15) is 18.8 Å². The van der Waals surface area contributed by atoms with E-state index in [4.69, 9.17) is 5.11 Å². The molecule has 0 bridgehead atoms. The molecule has 2 aromatic rings. The second-order valence-electron chi connectivity index (χ2n) is 5.16. The van der Waals surface area contributed by atoms with Crippen molar-refractivity contribution in [2.75, 3.05) is 13.6 Å². The maximum absolute atomic E-state index is 13.2. The van der Waals surface area contributed by atoms with E-state index in [1.807, 2.05) is 0 Å². The molecule has 116 valence electrons. The van der Waals surface area contributed by atoms with Gasteiger partial charge in [0, 0.05) is 25.0 Å². The van der Waals surface area contributed by atoms with Crippen molar-refractivity contribution in [2.24, 2.45) is 5.92 Å². The fourth-order valence-electron chi connectivity index (χ4n) is 2.19. The molecule has 0 aliphatic carbocycles. The summed E-state index contributed by atoms with van der Waals surface area (Å²) in [5.41, 5.74) is -0.199. The molecule has 22 heavy (non-hydrogen) atoms. The van der Waals surface area contributed by atoms with Gasteiger partial charge in [-0.3, -0.25) is 14.4 Å². The highest BCUT2D eigenvalue weighted by atomic mass is 19.1. The Morgan fingerprint density at radius 2 is 2.05 bits per heavy atom. The van der Waals surface area contributed by atoms with Crippen LogP contribution < -0.4 is 5.56 Å². The summed E-state index contributed by atoms with van der Waals surface area (Å²) in [6, 6.07) is 4.86. The van der Waals surface area contributed by atoms with Gasteiger partial charge in [-0.2, -0.15) is 0 Å². The van der Waals surface area contributed by atoms with Crippen LogP contribution in [0.1, 0.15) is 17.3 Å². The average molecular weight is 306 g/mol. The molecule has 2 rings (SSSR count). The van der Waals surface area contributed by atoms with Crippen LogP contribution >= 0.6 is 0 Å². The molecule has 1 heterocycles. The lowest BCUT2D eigenvalue weighted by atomic mass is 10.1. The van der Waals surface area contributed by atoms with Gasteiger partial charge in [-0.05, 0) is 18.2 Å². The summed E-state index contributed by atoms with van der Waals surface area (Å²) in [6.45, 7) is 1.49. The van der Waals surface area contributed by atoms with Crippen LogP contribution in [0, 0.1) is 11.7 Å². The molecule has 1 unspecified atom stereocenters. The first kappa shape index (κ1) is 15.7. The molecular formula is C15H15FN2O4. The molecule has 0 aliphatic rings. The van der Waals surface area contributed by atoms with Crippen LogP contribution in [-0.2, 0) is 4.79 Å². The molecule has 1 aromatic carbocycles. The number of aromatic amines is 1. The summed E-state index contributed by atoms with van der Waals surface area (Å²) in [4.78, 5) is 38.6. The number of amides is 1. The van der Waals surface area contributed by atoms with Crippen LogP contribution in [0.15, 0.2) is 29.1 Å². The van der Waals surface area contributed by atoms with E-state index in [1.54, 1.807) is 0 Å². The van der Waals surface area contributed by atoms with E-state index >= 15 is 0 Å². The smallest absolute Gasteiger partial charge is 0.308 e. The number of carboxylic acids is 1. The monoisotopic (exact) mass is 306 g/mol. The van der Waals surface area contributed by atoms with Crippen molar-refractivity contribution in [1.29, 1.82) is 0 Å². The number of carbonyl (C=O) groups excluding carboxylic acids is 1. The predicted octanol–water partition coefficient (Wildman–Crippen LogP) is 1.46. The number of hydrogen-bond donors (Lipinski definition) is 2. The Balaban J connectivity index is 2.43. The number of carbonyl (C=O) groups is 2. The second-order valence-corrected chi connectivity index (χ2v) is 5.16. The van der Waals surface area contributed by atoms with Gasteiger partial charge in [0.1, 0.15) is 5.82 Å². The molecule has 0 spiro atoms. The number of fused-ring (bicyclic) bond motifs is 1. The van der Waals surface area contributed by atoms with E-state index < -0.39 is 29.2 Å². The first-order chi connectivity index (χ1) is 10.3. The number of aromatic nitrogens is 1. The summed E-state index contributed by atoms with van der Waals surface area (Å²) < 4.78 is 13.2. The fourth-order valence-corrected chi connectivity index (χ4v) is 2.19. The quantitative estimate of drug-likeness (QED) is 0.894. The first-order valence-electron chi connectivity index (χ1n) is 6.60. The number of nitrogens with zero attached hydrogens (tertiary/aromatic N) is 1.